The van der Waals surface area contributed by atoms with Gasteiger partial charge in [0.25, 0.3) is 0 Å². The maximum absolute atomic E-state index is 12.8. The quantitative estimate of drug-likeness (QED) is 0.887. The van der Waals surface area contributed by atoms with Gasteiger partial charge >= 0.3 is 6.03 Å². The third-order valence-corrected chi connectivity index (χ3v) is 4.41. The second kappa shape index (κ2) is 6.34. The first kappa shape index (κ1) is 14.8. The second-order valence-electron chi connectivity index (χ2n) is 5.91. The van der Waals surface area contributed by atoms with Gasteiger partial charge in [-0.15, -0.1) is 0 Å². The number of benzene rings is 1. The molecule has 0 radical (unpaired) electrons. The Morgan fingerprint density at radius 3 is 2.77 bits per heavy atom. The molecule has 6 heteroatoms. The lowest BCUT2D eigenvalue weighted by atomic mass is 10.1. The Morgan fingerprint density at radius 1 is 1.27 bits per heavy atom. The minimum Gasteiger partial charge on any atom is -0.354 e. The highest BCUT2D eigenvalue weighted by Crippen LogP contribution is 2.28. The molecule has 3 rings (SSSR count). The number of carbonyl (C=O) groups excluding carboxylic acids is 2. The van der Waals surface area contributed by atoms with E-state index in [1.807, 2.05) is 4.90 Å². The number of hydrogen-bond acceptors (Lipinski definition) is 2. The summed E-state index contributed by atoms with van der Waals surface area (Å²) in [5.74, 6) is -0.234. The first-order valence-corrected chi connectivity index (χ1v) is 7.71. The van der Waals surface area contributed by atoms with Gasteiger partial charge in [-0.1, -0.05) is 12.1 Å². The van der Waals surface area contributed by atoms with Gasteiger partial charge in [0.05, 0.1) is 6.04 Å². The average molecular weight is 305 g/mol. The molecule has 0 unspecified atom stereocenters. The van der Waals surface area contributed by atoms with Crippen LogP contribution in [0.25, 0.3) is 0 Å². The molecule has 2 bridgehead atoms. The molecular weight excluding hydrogens is 285 g/mol. The van der Waals surface area contributed by atoms with Crippen LogP contribution < -0.4 is 10.6 Å². The number of fused-ring (bicyclic) bond motifs is 2. The van der Waals surface area contributed by atoms with Gasteiger partial charge < -0.3 is 15.5 Å². The van der Waals surface area contributed by atoms with Crippen molar-refractivity contribution in [3.63, 3.8) is 0 Å². The van der Waals surface area contributed by atoms with E-state index in [-0.39, 0.29) is 29.8 Å². The molecule has 0 aromatic heterocycles. The van der Waals surface area contributed by atoms with Gasteiger partial charge in [0.15, 0.2) is 0 Å². The monoisotopic (exact) mass is 305 g/mol. The fourth-order valence-corrected chi connectivity index (χ4v) is 3.27. The summed E-state index contributed by atoms with van der Waals surface area (Å²) in [4.78, 5) is 25.8. The molecule has 2 N–H and O–H groups in total. The Bertz CT molecular complexity index is 561. The van der Waals surface area contributed by atoms with E-state index in [1.165, 1.54) is 12.1 Å². The van der Waals surface area contributed by atoms with Gasteiger partial charge in [-0.2, -0.15) is 0 Å². The largest absolute Gasteiger partial charge is 0.354 e. The van der Waals surface area contributed by atoms with Crippen molar-refractivity contribution in [1.82, 2.24) is 15.5 Å². The summed E-state index contributed by atoms with van der Waals surface area (Å²) < 4.78 is 12.8. The first-order chi connectivity index (χ1) is 10.6. The minimum atomic E-state index is -0.258. The van der Waals surface area contributed by atoms with Crippen LogP contribution in [0.1, 0.15) is 24.8 Å². The first-order valence-electron chi connectivity index (χ1n) is 7.71. The lowest BCUT2D eigenvalue weighted by Gasteiger charge is -2.27. The van der Waals surface area contributed by atoms with Crippen molar-refractivity contribution in [3.8, 4) is 0 Å². The molecular formula is C16H20FN3O2. The number of urea groups is 1. The molecule has 3 amide bonds. The summed E-state index contributed by atoms with van der Waals surface area (Å²) in [6.07, 6.45) is 2.88. The summed E-state index contributed by atoms with van der Waals surface area (Å²) in [7, 11) is 0. The second-order valence-corrected chi connectivity index (χ2v) is 5.91. The number of amides is 3. The zero-order valence-corrected chi connectivity index (χ0v) is 12.3. The Hall–Kier alpha value is -2.11. The SMILES string of the molecule is O=C1C[C@H]2CC[C@@H](CN1)N2C(=O)NCCc1ccc(F)cc1. The van der Waals surface area contributed by atoms with Crippen LogP contribution in [0, 0.1) is 5.82 Å². The highest BCUT2D eigenvalue weighted by molar-refractivity contribution is 5.80. The number of halogens is 1. The lowest BCUT2D eigenvalue weighted by Crippen LogP contribution is -2.48. The molecule has 2 saturated heterocycles. The van der Waals surface area contributed by atoms with E-state index in [9.17, 15) is 14.0 Å². The van der Waals surface area contributed by atoms with Gasteiger partial charge in [-0.3, -0.25) is 4.79 Å². The van der Waals surface area contributed by atoms with Crippen LogP contribution in [0.3, 0.4) is 0 Å². The number of hydrogen-bond donors (Lipinski definition) is 2. The van der Waals surface area contributed by atoms with Crippen molar-refractivity contribution < 1.29 is 14.0 Å². The predicted octanol–water partition coefficient (Wildman–Crippen LogP) is 1.43. The van der Waals surface area contributed by atoms with Crippen molar-refractivity contribution in [2.24, 2.45) is 0 Å². The molecule has 2 fully saturated rings. The van der Waals surface area contributed by atoms with E-state index in [0.717, 1.165) is 18.4 Å². The van der Waals surface area contributed by atoms with Crippen LogP contribution in [-0.4, -0.2) is 42.0 Å². The Kier molecular flexibility index (Phi) is 4.27. The van der Waals surface area contributed by atoms with Crippen molar-refractivity contribution >= 4 is 11.9 Å². The van der Waals surface area contributed by atoms with Crippen molar-refractivity contribution in [2.75, 3.05) is 13.1 Å². The Labute approximate surface area is 128 Å². The van der Waals surface area contributed by atoms with E-state index < -0.39 is 0 Å². The highest BCUT2D eigenvalue weighted by atomic mass is 19.1. The fraction of sp³-hybridized carbons (Fsp3) is 0.500. The zero-order chi connectivity index (χ0) is 15.5. The predicted molar refractivity (Wildman–Crippen MR) is 79.8 cm³/mol. The van der Waals surface area contributed by atoms with Gasteiger partial charge in [0, 0.05) is 25.6 Å². The van der Waals surface area contributed by atoms with Crippen LogP contribution >= 0.6 is 0 Å². The average Bonchev–Trinajstić information content (AvgIpc) is 2.81. The van der Waals surface area contributed by atoms with Crippen molar-refractivity contribution in [2.45, 2.75) is 37.8 Å². The lowest BCUT2D eigenvalue weighted by molar-refractivity contribution is -0.121. The number of rotatable bonds is 3. The summed E-state index contributed by atoms with van der Waals surface area (Å²) in [6.45, 7) is 1.04. The number of nitrogens with one attached hydrogen (secondary N) is 2. The normalized spacial score (nSPS) is 23.9. The van der Waals surface area contributed by atoms with Gasteiger partial charge in [-0.05, 0) is 37.0 Å². The van der Waals surface area contributed by atoms with E-state index >= 15 is 0 Å². The highest BCUT2D eigenvalue weighted by Gasteiger charge is 2.40. The van der Waals surface area contributed by atoms with E-state index in [0.29, 0.717) is 25.9 Å². The van der Waals surface area contributed by atoms with Crippen LogP contribution in [0.15, 0.2) is 24.3 Å². The topological polar surface area (TPSA) is 61.4 Å². The van der Waals surface area contributed by atoms with Crippen molar-refractivity contribution in [1.29, 1.82) is 0 Å². The van der Waals surface area contributed by atoms with Gasteiger partial charge in [0.1, 0.15) is 5.82 Å². The summed E-state index contributed by atoms with van der Waals surface area (Å²) in [5, 5.41) is 5.76. The molecule has 1 aromatic rings. The number of nitrogens with zero attached hydrogens (tertiary/aromatic N) is 1. The molecule has 2 heterocycles. The summed E-state index contributed by atoms with van der Waals surface area (Å²) in [5.41, 5.74) is 0.984. The van der Waals surface area contributed by atoms with Crippen LogP contribution in [0.4, 0.5) is 9.18 Å². The van der Waals surface area contributed by atoms with Crippen LogP contribution in [0.2, 0.25) is 0 Å². The third-order valence-electron chi connectivity index (χ3n) is 4.41. The Balaban J connectivity index is 1.53. The zero-order valence-electron chi connectivity index (χ0n) is 12.3. The molecule has 2 aliphatic heterocycles. The van der Waals surface area contributed by atoms with E-state index in [2.05, 4.69) is 10.6 Å². The molecule has 2 aliphatic rings. The molecule has 2 atom stereocenters. The maximum atomic E-state index is 12.8. The number of carbonyl (C=O) groups is 2. The van der Waals surface area contributed by atoms with E-state index in [4.69, 9.17) is 0 Å². The molecule has 1 aromatic carbocycles. The molecule has 0 saturated carbocycles. The van der Waals surface area contributed by atoms with Gasteiger partial charge in [-0.25, -0.2) is 9.18 Å². The standard InChI is InChI=1S/C16H20FN3O2/c17-12-3-1-11(2-4-12)7-8-18-16(22)20-13-5-6-14(20)10-19-15(21)9-13/h1-4,13-14H,5-10H2,(H,18,22)(H,19,21)/t13-,14+/m1/s1. The summed E-state index contributed by atoms with van der Waals surface area (Å²) in [6, 6.07) is 6.29. The summed E-state index contributed by atoms with van der Waals surface area (Å²) >= 11 is 0. The molecule has 22 heavy (non-hydrogen) atoms. The molecule has 118 valence electrons. The maximum Gasteiger partial charge on any atom is 0.317 e. The van der Waals surface area contributed by atoms with Gasteiger partial charge in [0.2, 0.25) is 5.91 Å². The Morgan fingerprint density at radius 2 is 2.00 bits per heavy atom. The van der Waals surface area contributed by atoms with E-state index in [1.54, 1.807) is 12.1 Å². The molecule has 5 nitrogen and oxygen atoms in total. The molecule has 0 aliphatic carbocycles. The van der Waals surface area contributed by atoms with Crippen LogP contribution in [-0.2, 0) is 11.2 Å². The smallest absolute Gasteiger partial charge is 0.317 e. The van der Waals surface area contributed by atoms with Crippen molar-refractivity contribution in [3.05, 3.63) is 35.6 Å². The minimum absolute atomic E-state index is 0.0123. The molecule has 0 spiro atoms. The third kappa shape index (κ3) is 3.21. The van der Waals surface area contributed by atoms with Crippen LogP contribution in [0.5, 0.6) is 0 Å². The fourth-order valence-electron chi connectivity index (χ4n) is 3.27.